The predicted octanol–water partition coefficient (Wildman–Crippen LogP) is 2.89. The van der Waals surface area contributed by atoms with Crippen molar-refractivity contribution in [2.45, 2.75) is 50.0 Å². The fourth-order valence-corrected chi connectivity index (χ4v) is 6.49. The van der Waals surface area contributed by atoms with Crippen LogP contribution in [0.15, 0.2) is 36.4 Å². The first-order valence-electron chi connectivity index (χ1n) is 10.4. The summed E-state index contributed by atoms with van der Waals surface area (Å²) in [4.78, 5) is 31.8. The molecule has 0 radical (unpaired) electrons. The van der Waals surface area contributed by atoms with E-state index in [4.69, 9.17) is 9.47 Å². The molecule has 0 saturated carbocycles. The quantitative estimate of drug-likeness (QED) is 0.630. The maximum atomic E-state index is 13.7. The van der Waals surface area contributed by atoms with Gasteiger partial charge in [0.15, 0.2) is 0 Å². The van der Waals surface area contributed by atoms with Gasteiger partial charge in [0.05, 0.1) is 18.6 Å². The molecule has 5 heterocycles. The summed E-state index contributed by atoms with van der Waals surface area (Å²) in [7, 11) is 1.39. The third kappa shape index (κ3) is 1.78. The van der Waals surface area contributed by atoms with Crippen molar-refractivity contribution in [3.63, 3.8) is 0 Å². The minimum Gasteiger partial charge on any atom is -0.467 e. The number of ether oxygens (including phenoxy) is 2. The van der Waals surface area contributed by atoms with Gasteiger partial charge in [0.1, 0.15) is 17.7 Å². The Kier molecular flexibility index (Phi) is 3.16. The Morgan fingerprint density at radius 1 is 1.34 bits per heavy atom. The summed E-state index contributed by atoms with van der Waals surface area (Å²) in [6, 6.07) is 7.12. The molecule has 1 spiro atoms. The highest BCUT2D eigenvalue weighted by Crippen LogP contribution is 2.66. The molecule has 1 N–H and O–H groups in total. The summed E-state index contributed by atoms with van der Waals surface area (Å²) in [5.41, 5.74) is 1.95. The number of rotatable bonds is 2. The van der Waals surface area contributed by atoms with Gasteiger partial charge in [-0.25, -0.2) is 4.79 Å². The van der Waals surface area contributed by atoms with Crippen LogP contribution in [0.25, 0.3) is 10.9 Å². The van der Waals surface area contributed by atoms with Crippen molar-refractivity contribution < 1.29 is 19.1 Å². The van der Waals surface area contributed by atoms with Crippen LogP contribution in [0.5, 0.6) is 0 Å². The van der Waals surface area contributed by atoms with Crippen molar-refractivity contribution in [1.29, 1.82) is 0 Å². The molecule has 29 heavy (non-hydrogen) atoms. The fraction of sp³-hybridized carbons (Fsp3) is 0.478. The third-order valence-electron chi connectivity index (χ3n) is 7.85. The number of hydrogen-bond acceptors (Lipinski definition) is 4. The lowest BCUT2D eigenvalue weighted by Crippen LogP contribution is -2.51. The number of benzene rings is 1. The molecule has 2 aromatic rings. The van der Waals surface area contributed by atoms with E-state index in [0.29, 0.717) is 6.42 Å². The van der Waals surface area contributed by atoms with E-state index in [1.54, 1.807) is 4.90 Å². The number of amides is 1. The zero-order chi connectivity index (χ0) is 20.1. The molecular formula is C23H24N2O4. The number of H-pyrrole nitrogens is 1. The van der Waals surface area contributed by atoms with Gasteiger partial charge in [-0.1, -0.05) is 44.2 Å². The predicted molar refractivity (Wildman–Crippen MR) is 106 cm³/mol. The highest BCUT2D eigenvalue weighted by Gasteiger charge is 2.75. The fourth-order valence-electron chi connectivity index (χ4n) is 6.49. The first-order chi connectivity index (χ1) is 14.0. The number of nitrogens with zero attached hydrogens (tertiary/aromatic N) is 1. The molecule has 0 unspecified atom stereocenters. The maximum absolute atomic E-state index is 13.7. The SMILES string of the molecule is CC[C@]12C=C[C@]3(O1)[C@H](C(=O)N1[C@H]3c3[nH]c4ccccc4c3C[C@H]1C(=O)OC)[C@H]2C. The van der Waals surface area contributed by atoms with E-state index in [1.165, 1.54) is 7.11 Å². The molecule has 0 aliphatic carbocycles. The summed E-state index contributed by atoms with van der Waals surface area (Å²) in [5.74, 6) is -0.599. The Hall–Kier alpha value is -2.60. The van der Waals surface area contributed by atoms with Crippen LogP contribution in [0.2, 0.25) is 0 Å². The molecule has 1 aromatic heterocycles. The number of fused-ring (bicyclic) bond motifs is 6. The number of esters is 1. The normalized spacial score (nSPS) is 39.0. The summed E-state index contributed by atoms with van der Waals surface area (Å²) in [6.07, 6.45) is 5.52. The van der Waals surface area contributed by atoms with Gasteiger partial charge in [0.25, 0.3) is 0 Å². The molecule has 6 rings (SSSR count). The van der Waals surface area contributed by atoms with Gasteiger partial charge in [-0.15, -0.1) is 0 Å². The van der Waals surface area contributed by atoms with Crippen LogP contribution in [-0.4, -0.2) is 46.1 Å². The minimum absolute atomic E-state index is 0.00174. The van der Waals surface area contributed by atoms with Crippen LogP contribution in [0.1, 0.15) is 37.6 Å². The second-order valence-corrected chi connectivity index (χ2v) is 8.82. The Labute approximate surface area is 168 Å². The minimum atomic E-state index is -0.741. The van der Waals surface area contributed by atoms with Crippen LogP contribution in [0.4, 0.5) is 0 Å². The average molecular weight is 392 g/mol. The Morgan fingerprint density at radius 3 is 2.90 bits per heavy atom. The van der Waals surface area contributed by atoms with Crippen LogP contribution < -0.4 is 0 Å². The lowest BCUT2D eigenvalue weighted by molar-refractivity contribution is -0.156. The third-order valence-corrected chi connectivity index (χ3v) is 7.85. The molecule has 2 bridgehead atoms. The zero-order valence-corrected chi connectivity index (χ0v) is 16.8. The van der Waals surface area contributed by atoms with Crippen LogP contribution in [0, 0.1) is 11.8 Å². The maximum Gasteiger partial charge on any atom is 0.328 e. The number of carbonyl (C=O) groups is 2. The van der Waals surface area contributed by atoms with Gasteiger partial charge >= 0.3 is 5.97 Å². The Balaban J connectivity index is 1.62. The second kappa shape index (κ2) is 5.30. The van der Waals surface area contributed by atoms with Crippen molar-refractivity contribution in [3.8, 4) is 0 Å². The topological polar surface area (TPSA) is 71.6 Å². The standard InChI is InChI=1S/C23H24N2O4/c1-4-22-9-10-23(29-22)17(12(22)2)20(26)25-16(21(27)28-3)11-14-13-7-5-6-8-15(13)24-18(14)19(23)25/h5-10,12,16-17,19,24H,4,11H2,1-3H3/t12-,16+,17+,19+,22-,23+/m1/s1. The highest BCUT2D eigenvalue weighted by atomic mass is 16.5. The number of nitrogens with one attached hydrogen (secondary N) is 1. The lowest BCUT2D eigenvalue weighted by Gasteiger charge is -2.41. The number of carbonyl (C=O) groups excluding carboxylic acids is 2. The summed E-state index contributed by atoms with van der Waals surface area (Å²) < 4.78 is 11.9. The summed E-state index contributed by atoms with van der Waals surface area (Å²) >= 11 is 0. The molecule has 6 nitrogen and oxygen atoms in total. The van der Waals surface area contributed by atoms with E-state index in [2.05, 4.69) is 37.0 Å². The van der Waals surface area contributed by atoms with Crippen LogP contribution in [0.3, 0.4) is 0 Å². The summed E-state index contributed by atoms with van der Waals surface area (Å²) in [6.45, 7) is 4.21. The van der Waals surface area contributed by atoms with Crippen LogP contribution in [-0.2, 0) is 25.5 Å². The Bertz CT molecular complexity index is 1100. The lowest BCUT2D eigenvalue weighted by atomic mass is 9.69. The van der Waals surface area contributed by atoms with Crippen molar-refractivity contribution in [2.75, 3.05) is 7.11 Å². The van der Waals surface area contributed by atoms with Gasteiger partial charge in [-0.2, -0.15) is 0 Å². The van der Waals surface area contributed by atoms with Gasteiger partial charge in [0, 0.05) is 28.9 Å². The molecule has 6 heteroatoms. The first-order valence-corrected chi connectivity index (χ1v) is 10.4. The molecule has 6 atom stereocenters. The van der Waals surface area contributed by atoms with E-state index in [0.717, 1.165) is 28.6 Å². The molecular weight excluding hydrogens is 368 g/mol. The largest absolute Gasteiger partial charge is 0.467 e. The van der Waals surface area contributed by atoms with Gasteiger partial charge in [0.2, 0.25) is 5.91 Å². The second-order valence-electron chi connectivity index (χ2n) is 8.82. The Morgan fingerprint density at radius 2 is 2.14 bits per heavy atom. The van der Waals surface area contributed by atoms with Crippen molar-refractivity contribution in [1.82, 2.24) is 9.88 Å². The van der Waals surface area contributed by atoms with E-state index in [1.807, 2.05) is 18.2 Å². The molecule has 1 aromatic carbocycles. The zero-order valence-electron chi connectivity index (χ0n) is 16.8. The molecule has 2 fully saturated rings. The van der Waals surface area contributed by atoms with E-state index in [-0.39, 0.29) is 29.8 Å². The number of hydrogen-bond donors (Lipinski definition) is 1. The molecule has 2 saturated heterocycles. The summed E-state index contributed by atoms with van der Waals surface area (Å²) in [5, 5.41) is 1.10. The van der Waals surface area contributed by atoms with Crippen molar-refractivity contribution in [3.05, 3.63) is 47.7 Å². The van der Waals surface area contributed by atoms with Crippen LogP contribution >= 0.6 is 0 Å². The number of para-hydroxylation sites is 1. The smallest absolute Gasteiger partial charge is 0.328 e. The first kappa shape index (κ1) is 17.3. The van der Waals surface area contributed by atoms with Crippen molar-refractivity contribution >= 4 is 22.8 Å². The number of aromatic amines is 1. The van der Waals surface area contributed by atoms with Gasteiger partial charge in [-0.05, 0) is 18.1 Å². The highest BCUT2D eigenvalue weighted by molar-refractivity contribution is 5.94. The van der Waals surface area contributed by atoms with E-state index >= 15 is 0 Å². The monoisotopic (exact) mass is 392 g/mol. The van der Waals surface area contributed by atoms with E-state index in [9.17, 15) is 9.59 Å². The number of aromatic nitrogens is 1. The molecule has 1 amide bonds. The van der Waals surface area contributed by atoms with Crippen molar-refractivity contribution in [2.24, 2.45) is 11.8 Å². The van der Waals surface area contributed by atoms with Gasteiger partial charge < -0.3 is 19.4 Å². The molecule has 4 aliphatic heterocycles. The average Bonchev–Trinajstić information content (AvgIpc) is 3.43. The number of methoxy groups -OCH3 is 1. The van der Waals surface area contributed by atoms with Gasteiger partial charge in [-0.3, -0.25) is 4.79 Å². The molecule has 150 valence electrons. The van der Waals surface area contributed by atoms with E-state index < -0.39 is 17.2 Å². The molecule has 4 aliphatic rings.